The molecule has 2 amide bonds. The second-order valence-electron chi connectivity index (χ2n) is 8.57. The molecule has 0 aliphatic carbocycles. The van der Waals surface area contributed by atoms with E-state index in [1.165, 1.54) is 52.6 Å². The summed E-state index contributed by atoms with van der Waals surface area (Å²) in [6.45, 7) is 1.61. The first-order valence-corrected chi connectivity index (χ1v) is 12.5. The molecular weight excluding hydrogens is 539 g/mol. The molecule has 38 heavy (non-hydrogen) atoms. The number of methoxy groups -OCH3 is 2. The Morgan fingerprint density at radius 1 is 1.16 bits per heavy atom. The lowest BCUT2D eigenvalue weighted by Gasteiger charge is -2.31. The van der Waals surface area contributed by atoms with Crippen molar-refractivity contribution in [2.24, 2.45) is 11.8 Å². The Hall–Kier alpha value is -3.24. The first-order chi connectivity index (χ1) is 17.5. The second kappa shape index (κ2) is 11.2. The number of sulfonamides is 1. The van der Waals surface area contributed by atoms with Gasteiger partial charge in [0.1, 0.15) is 11.3 Å². The summed E-state index contributed by atoms with van der Waals surface area (Å²) in [5.41, 5.74) is -1.40. The number of hydrogen-bond acceptors (Lipinski definition) is 9. The third-order valence-electron chi connectivity index (χ3n) is 6.55. The van der Waals surface area contributed by atoms with E-state index in [2.05, 4.69) is 5.32 Å². The highest BCUT2D eigenvalue weighted by Gasteiger charge is 2.67. The van der Waals surface area contributed by atoms with E-state index in [0.29, 0.717) is 5.75 Å². The quantitative estimate of drug-likeness (QED) is 0.350. The van der Waals surface area contributed by atoms with Crippen LogP contribution in [0.1, 0.15) is 13.3 Å². The fourth-order valence-corrected chi connectivity index (χ4v) is 5.76. The molecule has 3 rings (SSSR count). The molecule has 0 bridgehead atoms. The van der Waals surface area contributed by atoms with E-state index in [0.717, 1.165) is 9.21 Å². The van der Waals surface area contributed by atoms with Gasteiger partial charge in [0.2, 0.25) is 21.8 Å². The van der Waals surface area contributed by atoms with Crippen LogP contribution in [0, 0.1) is 11.8 Å². The van der Waals surface area contributed by atoms with Crippen LogP contribution in [-0.4, -0.2) is 99.1 Å². The SMILES string of the molecule is CC[C@@]1(C(=O)OC)N[C@H](CN(C)S(=O)(=O)c2ccc(OC)cc2)[C@@H]2C(=O)N(C)C(=O)[C@@H]21.O=C(O)C(F)(F)F. The second-order valence-corrected chi connectivity index (χ2v) is 10.6. The van der Waals surface area contributed by atoms with Gasteiger partial charge in [0, 0.05) is 26.7 Å². The van der Waals surface area contributed by atoms with Crippen molar-refractivity contribution in [3.63, 3.8) is 0 Å². The fourth-order valence-electron chi connectivity index (χ4n) is 4.57. The number of hydrogen-bond donors (Lipinski definition) is 2. The largest absolute Gasteiger partial charge is 0.497 e. The molecule has 2 heterocycles. The molecular formula is C22H28F3N3O9S. The number of ether oxygens (including phenoxy) is 2. The summed E-state index contributed by atoms with van der Waals surface area (Å²) in [7, 11) is 1.58. The number of benzene rings is 1. The first-order valence-electron chi connectivity index (χ1n) is 11.1. The van der Waals surface area contributed by atoms with Gasteiger partial charge in [-0.25, -0.2) is 13.2 Å². The Morgan fingerprint density at radius 3 is 2.11 bits per heavy atom. The number of fused-ring (bicyclic) bond motifs is 1. The van der Waals surface area contributed by atoms with Crippen molar-refractivity contribution >= 4 is 33.8 Å². The summed E-state index contributed by atoms with van der Waals surface area (Å²) in [6.07, 6.45) is -4.88. The van der Waals surface area contributed by atoms with Crippen LogP contribution in [-0.2, 0) is 33.9 Å². The number of nitrogens with one attached hydrogen (secondary N) is 1. The number of likely N-dealkylation sites (tertiary alicyclic amines) is 1. The molecule has 0 saturated carbocycles. The summed E-state index contributed by atoms with van der Waals surface area (Å²) in [5, 5.41) is 10.2. The number of likely N-dealkylation sites (N-methyl/N-ethyl adjacent to an activating group) is 1. The van der Waals surface area contributed by atoms with Crippen LogP contribution in [0.3, 0.4) is 0 Å². The Kier molecular flexibility index (Phi) is 9.17. The van der Waals surface area contributed by atoms with Gasteiger partial charge in [0.15, 0.2) is 0 Å². The van der Waals surface area contributed by atoms with Gasteiger partial charge in [-0.05, 0) is 30.7 Å². The summed E-state index contributed by atoms with van der Waals surface area (Å²) in [6, 6.07) is 5.19. The predicted octanol–water partition coefficient (Wildman–Crippen LogP) is 0.474. The number of carboxylic acid groups (broad SMARTS) is 1. The number of esters is 1. The minimum absolute atomic E-state index is 0.0611. The van der Waals surface area contributed by atoms with Gasteiger partial charge in [0.25, 0.3) is 0 Å². The molecule has 16 heteroatoms. The van der Waals surface area contributed by atoms with Crippen molar-refractivity contribution in [3.05, 3.63) is 24.3 Å². The van der Waals surface area contributed by atoms with Crippen molar-refractivity contribution in [1.29, 1.82) is 0 Å². The van der Waals surface area contributed by atoms with Crippen LogP contribution in [0.15, 0.2) is 29.2 Å². The third kappa shape index (κ3) is 5.61. The van der Waals surface area contributed by atoms with Gasteiger partial charge in [-0.2, -0.15) is 17.5 Å². The number of carbonyl (C=O) groups is 4. The zero-order chi connectivity index (χ0) is 29.2. The topological polar surface area (TPSA) is 160 Å². The normalized spacial score (nSPS) is 25.1. The molecule has 2 fully saturated rings. The zero-order valence-electron chi connectivity index (χ0n) is 21.1. The van der Waals surface area contributed by atoms with E-state index in [4.69, 9.17) is 19.4 Å². The van der Waals surface area contributed by atoms with E-state index >= 15 is 0 Å². The highest BCUT2D eigenvalue weighted by molar-refractivity contribution is 7.89. The van der Waals surface area contributed by atoms with Gasteiger partial charge >= 0.3 is 18.1 Å². The summed E-state index contributed by atoms with van der Waals surface area (Å²) in [4.78, 5) is 48.3. The lowest BCUT2D eigenvalue weighted by Crippen LogP contribution is -2.57. The number of nitrogens with zero attached hydrogens (tertiary/aromatic N) is 2. The number of halogens is 3. The zero-order valence-corrected chi connectivity index (χ0v) is 21.9. The van der Waals surface area contributed by atoms with Crippen LogP contribution in [0.25, 0.3) is 0 Å². The molecule has 2 saturated heterocycles. The number of carbonyl (C=O) groups excluding carboxylic acids is 3. The summed E-state index contributed by atoms with van der Waals surface area (Å²) in [5.74, 6) is -5.63. The number of aliphatic carboxylic acids is 1. The van der Waals surface area contributed by atoms with Crippen LogP contribution in [0.4, 0.5) is 13.2 Å². The van der Waals surface area contributed by atoms with E-state index < -0.39 is 63.4 Å². The van der Waals surface area contributed by atoms with Crippen molar-refractivity contribution < 1.29 is 55.3 Å². The Bertz CT molecular complexity index is 1190. The average molecular weight is 568 g/mol. The van der Waals surface area contributed by atoms with Crippen LogP contribution < -0.4 is 10.1 Å². The first kappa shape index (κ1) is 31.0. The molecule has 1 aromatic rings. The Morgan fingerprint density at radius 2 is 1.68 bits per heavy atom. The van der Waals surface area contributed by atoms with Crippen LogP contribution in [0.5, 0.6) is 5.75 Å². The van der Waals surface area contributed by atoms with E-state index in [1.807, 2.05) is 0 Å². The van der Waals surface area contributed by atoms with Crippen molar-refractivity contribution in [2.45, 2.75) is 36.0 Å². The Labute approximate surface area is 216 Å². The maximum absolute atomic E-state index is 13.0. The maximum Gasteiger partial charge on any atom is 0.490 e. The lowest BCUT2D eigenvalue weighted by molar-refractivity contribution is -0.192. The number of rotatable bonds is 7. The highest BCUT2D eigenvalue weighted by atomic mass is 32.2. The summed E-state index contributed by atoms with van der Waals surface area (Å²) >= 11 is 0. The van der Waals surface area contributed by atoms with Crippen molar-refractivity contribution in [1.82, 2.24) is 14.5 Å². The molecule has 212 valence electrons. The number of imide groups is 1. The molecule has 4 atom stereocenters. The molecule has 1 aromatic carbocycles. The molecule has 2 N–H and O–H groups in total. The van der Waals surface area contributed by atoms with E-state index in [9.17, 15) is 36.0 Å². The number of amides is 2. The molecule has 0 unspecified atom stereocenters. The highest BCUT2D eigenvalue weighted by Crippen LogP contribution is 2.45. The average Bonchev–Trinajstić information content (AvgIpc) is 3.32. The van der Waals surface area contributed by atoms with Gasteiger partial charge in [-0.3, -0.25) is 24.6 Å². The van der Waals surface area contributed by atoms with E-state index in [1.54, 1.807) is 6.92 Å². The molecule has 0 aromatic heterocycles. The fraction of sp³-hybridized carbons (Fsp3) is 0.545. The monoisotopic (exact) mass is 567 g/mol. The van der Waals surface area contributed by atoms with Crippen molar-refractivity contribution in [3.8, 4) is 5.75 Å². The minimum Gasteiger partial charge on any atom is -0.497 e. The molecule has 0 spiro atoms. The summed E-state index contributed by atoms with van der Waals surface area (Å²) < 4.78 is 68.9. The minimum atomic E-state index is -5.08. The molecule has 2 aliphatic heterocycles. The third-order valence-corrected chi connectivity index (χ3v) is 8.39. The lowest BCUT2D eigenvalue weighted by atomic mass is 9.78. The van der Waals surface area contributed by atoms with Gasteiger partial charge in [-0.1, -0.05) is 6.92 Å². The molecule has 12 nitrogen and oxygen atoms in total. The standard InChI is InChI=1S/C20H27N3O7S.C2HF3O2/c1-6-20(19(26)30-5)16-15(17(24)23(3)18(16)25)14(21-20)11-22(2)31(27,28)13-9-7-12(29-4)8-10-13;3-2(4,5)1(6)7/h7-10,14-16,21H,6,11H2,1-5H3;(H,6,7)/t14-,15+,16-,20-;/m1./s1. The van der Waals surface area contributed by atoms with Gasteiger partial charge in [0.05, 0.1) is 31.0 Å². The number of carboxylic acids is 1. The van der Waals surface area contributed by atoms with Crippen LogP contribution in [0.2, 0.25) is 0 Å². The van der Waals surface area contributed by atoms with E-state index in [-0.39, 0.29) is 17.9 Å². The molecule has 2 aliphatic rings. The van der Waals surface area contributed by atoms with Crippen molar-refractivity contribution in [2.75, 3.05) is 34.9 Å². The van der Waals surface area contributed by atoms with Crippen LogP contribution >= 0.6 is 0 Å². The Balaban J connectivity index is 0.000000638. The smallest absolute Gasteiger partial charge is 0.490 e. The molecule has 0 radical (unpaired) electrons. The predicted molar refractivity (Wildman–Crippen MR) is 123 cm³/mol. The number of alkyl halides is 3. The maximum atomic E-state index is 13.0. The van der Waals surface area contributed by atoms with Gasteiger partial charge in [-0.15, -0.1) is 0 Å². The van der Waals surface area contributed by atoms with Gasteiger partial charge < -0.3 is 14.6 Å².